The van der Waals surface area contributed by atoms with Crippen LogP contribution in [0.1, 0.15) is 35.2 Å². The minimum Gasteiger partial charge on any atom is -0.352 e. The highest BCUT2D eigenvalue weighted by Gasteiger charge is 2.09. The lowest BCUT2D eigenvalue weighted by atomic mass is 10.1. The van der Waals surface area contributed by atoms with Gasteiger partial charge in [0.15, 0.2) is 0 Å². The highest BCUT2D eigenvalue weighted by atomic mass is 127. The third-order valence-electron chi connectivity index (χ3n) is 2.61. The van der Waals surface area contributed by atoms with Gasteiger partial charge in [0.05, 0.1) is 0 Å². The van der Waals surface area contributed by atoms with Gasteiger partial charge >= 0.3 is 0 Å². The maximum atomic E-state index is 11.9. The molecule has 0 unspecified atom stereocenters. The molecule has 94 valence electrons. The van der Waals surface area contributed by atoms with Crippen LogP contribution in [-0.2, 0) is 0 Å². The van der Waals surface area contributed by atoms with Gasteiger partial charge in [-0.2, -0.15) is 0 Å². The van der Waals surface area contributed by atoms with Gasteiger partial charge in [-0.05, 0) is 41.9 Å². The summed E-state index contributed by atoms with van der Waals surface area (Å²) in [4.78, 5) is 11.9. The van der Waals surface area contributed by atoms with Crippen molar-refractivity contribution in [2.75, 3.05) is 11.0 Å². The molecule has 0 fully saturated rings. The summed E-state index contributed by atoms with van der Waals surface area (Å²) < 4.78 is 1.18. The predicted molar refractivity (Wildman–Crippen MR) is 81.3 cm³/mol. The molecule has 0 spiro atoms. The van der Waals surface area contributed by atoms with Gasteiger partial charge in [-0.3, -0.25) is 4.79 Å². The van der Waals surface area contributed by atoms with E-state index in [9.17, 15) is 4.79 Å². The van der Waals surface area contributed by atoms with Crippen molar-refractivity contribution in [1.82, 2.24) is 5.32 Å². The summed E-state index contributed by atoms with van der Waals surface area (Å²) >= 11 is 8.35. The fourth-order valence-corrected chi connectivity index (χ4v) is 2.26. The Bertz CT molecular complexity index is 382. The summed E-state index contributed by atoms with van der Waals surface area (Å²) in [6.07, 6.45) is 3.42. The molecular weight excluding hydrogens is 349 g/mol. The number of carbonyl (C=O) groups is 1. The fraction of sp³-hybridized carbons (Fsp3) is 0.462. The third-order valence-corrected chi connectivity index (χ3v) is 3.78. The molecule has 17 heavy (non-hydrogen) atoms. The molecule has 0 aliphatic heterocycles. The molecule has 0 saturated carbocycles. The Morgan fingerprint density at radius 3 is 2.82 bits per heavy atom. The van der Waals surface area contributed by atoms with Gasteiger partial charge in [0.2, 0.25) is 0 Å². The lowest BCUT2D eigenvalue weighted by molar-refractivity contribution is 0.0952. The summed E-state index contributed by atoms with van der Waals surface area (Å²) in [7, 11) is 0. The molecule has 0 aliphatic carbocycles. The quantitative estimate of drug-likeness (QED) is 0.461. The molecule has 0 bridgehead atoms. The van der Waals surface area contributed by atoms with Gasteiger partial charge in [0.1, 0.15) is 0 Å². The lowest BCUT2D eigenvalue weighted by Crippen LogP contribution is -2.25. The Balaban J connectivity index is 2.44. The van der Waals surface area contributed by atoms with Crippen LogP contribution in [0.15, 0.2) is 18.2 Å². The first-order valence-corrected chi connectivity index (χ1v) is 7.66. The number of hydrogen-bond acceptors (Lipinski definition) is 1. The number of unbranched alkanes of at least 4 members (excludes halogenated alkanes) is 2. The average Bonchev–Trinajstić information content (AvgIpc) is 2.32. The molecule has 4 heteroatoms. The molecule has 0 radical (unpaired) electrons. The Kier molecular flexibility index (Phi) is 6.89. The summed E-state index contributed by atoms with van der Waals surface area (Å²) in [5, 5.41) is 3.57. The maximum absolute atomic E-state index is 11.9. The van der Waals surface area contributed by atoms with Crippen LogP contribution in [0, 0.1) is 6.92 Å². The third kappa shape index (κ3) is 4.84. The molecule has 0 aromatic heterocycles. The van der Waals surface area contributed by atoms with Crippen molar-refractivity contribution in [1.29, 1.82) is 0 Å². The number of amides is 1. The van der Waals surface area contributed by atoms with Crippen molar-refractivity contribution in [2.24, 2.45) is 0 Å². The van der Waals surface area contributed by atoms with E-state index in [1.165, 1.54) is 10.8 Å². The minimum absolute atomic E-state index is 0.0283. The van der Waals surface area contributed by atoms with Gasteiger partial charge in [0, 0.05) is 17.1 Å². The molecular formula is C13H17ClINO. The van der Waals surface area contributed by atoms with Crippen molar-refractivity contribution >= 4 is 40.1 Å². The van der Waals surface area contributed by atoms with Crippen molar-refractivity contribution in [3.63, 3.8) is 0 Å². The topological polar surface area (TPSA) is 29.1 Å². The van der Waals surface area contributed by atoms with Crippen LogP contribution < -0.4 is 5.32 Å². The number of halogens is 2. The standard InChI is InChI=1S/C13H17ClINO/c1-10-11(6-5-7-12(10)14)13(17)16-9-4-2-3-8-15/h5-7H,2-4,8-9H2,1H3,(H,16,17). The molecule has 0 heterocycles. The maximum Gasteiger partial charge on any atom is 0.251 e. The van der Waals surface area contributed by atoms with Gasteiger partial charge in [-0.1, -0.05) is 46.7 Å². The molecule has 0 saturated heterocycles. The molecule has 1 N–H and O–H groups in total. The lowest BCUT2D eigenvalue weighted by Gasteiger charge is -2.08. The summed E-state index contributed by atoms with van der Waals surface area (Å²) in [6, 6.07) is 5.41. The first kappa shape index (κ1) is 14.8. The number of alkyl halides is 1. The fourth-order valence-electron chi connectivity index (χ4n) is 1.55. The minimum atomic E-state index is -0.0283. The SMILES string of the molecule is Cc1c(Cl)cccc1C(=O)NCCCCCI. The van der Waals surface area contributed by atoms with Crippen LogP contribution in [0.5, 0.6) is 0 Å². The zero-order valence-electron chi connectivity index (χ0n) is 9.93. The Hall–Kier alpha value is -0.290. The van der Waals surface area contributed by atoms with Gasteiger partial charge < -0.3 is 5.32 Å². The molecule has 2 nitrogen and oxygen atoms in total. The summed E-state index contributed by atoms with van der Waals surface area (Å²) in [6.45, 7) is 2.61. The van der Waals surface area contributed by atoms with E-state index in [1.54, 1.807) is 18.2 Å². The number of nitrogens with one attached hydrogen (secondary N) is 1. The molecule has 0 aliphatic rings. The first-order chi connectivity index (χ1) is 8.16. The number of hydrogen-bond donors (Lipinski definition) is 1. The number of benzene rings is 1. The van der Waals surface area contributed by atoms with E-state index in [4.69, 9.17) is 11.6 Å². The second kappa shape index (κ2) is 7.93. The summed E-state index contributed by atoms with van der Waals surface area (Å²) in [5.41, 5.74) is 1.52. The average molecular weight is 366 g/mol. The zero-order valence-corrected chi connectivity index (χ0v) is 12.8. The smallest absolute Gasteiger partial charge is 0.251 e. The highest BCUT2D eigenvalue weighted by molar-refractivity contribution is 14.1. The van der Waals surface area contributed by atoms with Gasteiger partial charge in [-0.25, -0.2) is 0 Å². The number of rotatable bonds is 6. The van der Waals surface area contributed by atoms with Gasteiger partial charge in [-0.15, -0.1) is 0 Å². The van der Waals surface area contributed by atoms with E-state index < -0.39 is 0 Å². The Morgan fingerprint density at radius 2 is 2.12 bits per heavy atom. The van der Waals surface area contributed by atoms with E-state index in [2.05, 4.69) is 27.9 Å². The normalized spacial score (nSPS) is 10.3. The van der Waals surface area contributed by atoms with E-state index in [0.29, 0.717) is 10.6 Å². The molecule has 1 aromatic rings. The molecule has 1 amide bonds. The van der Waals surface area contributed by atoms with Crippen LogP contribution in [-0.4, -0.2) is 16.9 Å². The second-order valence-electron chi connectivity index (χ2n) is 3.92. The summed E-state index contributed by atoms with van der Waals surface area (Å²) in [5.74, 6) is -0.0283. The van der Waals surface area contributed by atoms with E-state index in [1.807, 2.05) is 6.92 Å². The molecule has 1 rings (SSSR count). The highest BCUT2D eigenvalue weighted by Crippen LogP contribution is 2.18. The molecule has 0 atom stereocenters. The van der Waals surface area contributed by atoms with Crippen LogP contribution in [0.3, 0.4) is 0 Å². The van der Waals surface area contributed by atoms with Crippen molar-refractivity contribution < 1.29 is 4.79 Å². The largest absolute Gasteiger partial charge is 0.352 e. The van der Waals surface area contributed by atoms with Crippen molar-refractivity contribution in [3.05, 3.63) is 34.3 Å². The van der Waals surface area contributed by atoms with E-state index >= 15 is 0 Å². The zero-order chi connectivity index (χ0) is 12.7. The van der Waals surface area contributed by atoms with Crippen LogP contribution in [0.4, 0.5) is 0 Å². The second-order valence-corrected chi connectivity index (χ2v) is 5.40. The first-order valence-electron chi connectivity index (χ1n) is 5.76. The van der Waals surface area contributed by atoms with E-state index in [0.717, 1.165) is 24.9 Å². The Labute approximate surface area is 121 Å². The number of carbonyl (C=O) groups excluding carboxylic acids is 1. The van der Waals surface area contributed by atoms with Crippen LogP contribution in [0.25, 0.3) is 0 Å². The van der Waals surface area contributed by atoms with Crippen LogP contribution >= 0.6 is 34.2 Å². The van der Waals surface area contributed by atoms with Crippen molar-refractivity contribution in [2.45, 2.75) is 26.2 Å². The van der Waals surface area contributed by atoms with E-state index in [-0.39, 0.29) is 5.91 Å². The van der Waals surface area contributed by atoms with Crippen LogP contribution in [0.2, 0.25) is 5.02 Å². The van der Waals surface area contributed by atoms with Crippen molar-refractivity contribution in [3.8, 4) is 0 Å². The van der Waals surface area contributed by atoms with Gasteiger partial charge in [0.25, 0.3) is 5.91 Å². The Morgan fingerprint density at radius 1 is 1.35 bits per heavy atom. The molecule has 1 aromatic carbocycles. The monoisotopic (exact) mass is 365 g/mol. The predicted octanol–water partition coefficient (Wildman–Crippen LogP) is 3.98.